The van der Waals surface area contributed by atoms with Crippen LogP contribution in [0.25, 0.3) is 12.8 Å². The normalized spacial score (nSPS) is 12.2. The number of rotatable bonds is 1. The predicted octanol–water partition coefficient (Wildman–Crippen LogP) is -0.697. The van der Waals surface area contributed by atoms with E-state index < -0.39 is 0 Å². The van der Waals surface area contributed by atoms with Gasteiger partial charge in [0.15, 0.2) is 0 Å². The average Bonchev–Trinajstić information content (AvgIpc) is 2.63. The average molecular weight is 160 g/mol. The highest BCUT2D eigenvalue weighted by Crippen LogP contribution is 1.80. The molecule has 0 aromatic carbocycles. The lowest BCUT2D eigenvalue weighted by Crippen LogP contribution is -2.10. The van der Waals surface area contributed by atoms with Crippen molar-refractivity contribution < 1.29 is 0 Å². The third-order valence-corrected chi connectivity index (χ3v) is 1.44. The molecule has 0 aliphatic heterocycles. The summed E-state index contributed by atoms with van der Waals surface area (Å²) in [5.41, 5.74) is 0.661. The zero-order chi connectivity index (χ0) is 8.39. The quantitative estimate of drug-likeness (QED) is 0.599. The molecule has 2 aromatic rings. The zero-order valence-electron chi connectivity index (χ0n) is 6.44. The van der Waals surface area contributed by atoms with Crippen molar-refractivity contribution in [2.75, 3.05) is 0 Å². The van der Waals surface area contributed by atoms with E-state index in [9.17, 15) is 0 Å². The van der Waals surface area contributed by atoms with Gasteiger partial charge in [-0.25, -0.2) is 9.67 Å². The van der Waals surface area contributed by atoms with E-state index >= 15 is 0 Å². The minimum atomic E-state index is 0.661. The molecule has 0 aliphatic rings. The molecule has 12 heavy (non-hydrogen) atoms. The summed E-state index contributed by atoms with van der Waals surface area (Å²) in [7, 11) is 0. The highest BCUT2D eigenvalue weighted by atomic mass is 15.2. The highest BCUT2D eigenvalue weighted by molar-refractivity contribution is 5.17. The van der Waals surface area contributed by atoms with Crippen molar-refractivity contribution in [1.29, 1.82) is 0 Å². The fourth-order valence-electron chi connectivity index (χ4n) is 0.944. The molecule has 0 amide bonds. The van der Waals surface area contributed by atoms with Crippen molar-refractivity contribution in [3.63, 3.8) is 0 Å². The van der Waals surface area contributed by atoms with Gasteiger partial charge in [0.2, 0.25) is 0 Å². The number of aromatic amines is 1. The minimum absolute atomic E-state index is 0.661. The maximum atomic E-state index is 4.01. The molecule has 0 unspecified atom stereocenters. The molecule has 0 spiro atoms. The van der Waals surface area contributed by atoms with Gasteiger partial charge in [0.1, 0.15) is 5.48 Å². The smallest absolute Gasteiger partial charge is 0.123 e. The van der Waals surface area contributed by atoms with Gasteiger partial charge >= 0.3 is 0 Å². The van der Waals surface area contributed by atoms with Crippen molar-refractivity contribution >= 4 is 12.8 Å². The molecule has 2 heterocycles. The van der Waals surface area contributed by atoms with Gasteiger partial charge in [-0.3, -0.25) is 0 Å². The Balaban J connectivity index is 2.49. The van der Waals surface area contributed by atoms with E-state index in [-0.39, 0.29) is 0 Å². The first-order valence-electron chi connectivity index (χ1n) is 3.55. The van der Waals surface area contributed by atoms with Crippen molar-refractivity contribution in [1.82, 2.24) is 19.7 Å². The molecule has 2 rings (SSSR count). The highest BCUT2D eigenvalue weighted by Gasteiger charge is 1.84. The Bertz CT molecular complexity index is 451. The third kappa shape index (κ3) is 1.27. The Hall–Kier alpha value is -1.84. The third-order valence-electron chi connectivity index (χ3n) is 1.44. The second-order valence-electron chi connectivity index (χ2n) is 2.40. The number of nitrogens with zero attached hydrogens (tertiary/aromatic N) is 3. The Labute approximate surface area is 68.9 Å². The van der Waals surface area contributed by atoms with E-state index in [2.05, 4.69) is 21.6 Å². The van der Waals surface area contributed by atoms with Crippen LogP contribution in [0, 0.1) is 0 Å². The number of hydrogen-bond donors (Lipinski definition) is 1. The molecule has 1 N–H and O–H groups in total. The molecular formula is C8H8N4. The van der Waals surface area contributed by atoms with E-state index in [0.29, 0.717) is 5.48 Å². The molecule has 4 nitrogen and oxygen atoms in total. The van der Waals surface area contributed by atoms with Crippen LogP contribution in [-0.4, -0.2) is 19.7 Å². The first-order valence-corrected chi connectivity index (χ1v) is 3.55. The zero-order valence-corrected chi connectivity index (χ0v) is 6.44. The lowest BCUT2D eigenvalue weighted by atomic mass is 10.7. The maximum absolute atomic E-state index is 4.01. The second kappa shape index (κ2) is 2.65. The van der Waals surface area contributed by atoms with Crippen molar-refractivity contribution in [2.45, 2.75) is 0 Å². The second-order valence-corrected chi connectivity index (χ2v) is 2.40. The SMILES string of the molecule is C=c1ncc(=Cn2cccn2)[nH]1. The predicted molar refractivity (Wildman–Crippen MR) is 45.4 cm³/mol. The van der Waals surface area contributed by atoms with Gasteiger partial charge in [-0.05, 0) is 6.07 Å². The summed E-state index contributed by atoms with van der Waals surface area (Å²) in [4.78, 5) is 6.93. The Morgan fingerprint density at radius 3 is 3.08 bits per heavy atom. The maximum Gasteiger partial charge on any atom is 0.123 e. The summed E-state index contributed by atoms with van der Waals surface area (Å²) in [6.45, 7) is 3.65. The van der Waals surface area contributed by atoms with E-state index in [1.165, 1.54) is 0 Å². The molecule has 0 aliphatic carbocycles. The first-order chi connectivity index (χ1) is 5.84. The largest absolute Gasteiger partial charge is 0.338 e. The van der Waals surface area contributed by atoms with E-state index in [1.54, 1.807) is 17.1 Å². The van der Waals surface area contributed by atoms with Gasteiger partial charge in [0.05, 0.1) is 17.7 Å². The molecule has 0 bridgehead atoms. The fourth-order valence-corrected chi connectivity index (χ4v) is 0.944. The molecule has 0 saturated heterocycles. The summed E-state index contributed by atoms with van der Waals surface area (Å²) in [5, 5.41) is 4.91. The molecule has 4 heteroatoms. The van der Waals surface area contributed by atoms with Crippen LogP contribution in [0.2, 0.25) is 0 Å². The number of hydrogen-bond acceptors (Lipinski definition) is 2. The van der Waals surface area contributed by atoms with Crippen LogP contribution < -0.4 is 10.8 Å². The summed E-state index contributed by atoms with van der Waals surface area (Å²) < 4.78 is 1.70. The lowest BCUT2D eigenvalue weighted by molar-refractivity contribution is 0.925. The van der Waals surface area contributed by atoms with Crippen molar-refractivity contribution in [2.24, 2.45) is 0 Å². The summed E-state index contributed by atoms with van der Waals surface area (Å²) in [6, 6.07) is 1.86. The van der Waals surface area contributed by atoms with Crippen molar-refractivity contribution in [3.8, 4) is 0 Å². The number of aromatic nitrogens is 4. The topological polar surface area (TPSA) is 46.5 Å². The summed E-state index contributed by atoms with van der Waals surface area (Å²) >= 11 is 0. The lowest BCUT2D eigenvalue weighted by Gasteiger charge is -1.85. The van der Waals surface area contributed by atoms with E-state index in [1.807, 2.05) is 18.5 Å². The Kier molecular flexibility index (Phi) is 1.51. The number of nitrogens with one attached hydrogen (secondary N) is 1. The minimum Gasteiger partial charge on any atom is -0.338 e. The van der Waals surface area contributed by atoms with Crippen LogP contribution in [0.4, 0.5) is 0 Å². The first kappa shape index (κ1) is 6.84. The number of imidazole rings is 1. The molecule has 0 radical (unpaired) electrons. The molecule has 0 fully saturated rings. The van der Waals surface area contributed by atoms with Gasteiger partial charge in [0.25, 0.3) is 0 Å². The van der Waals surface area contributed by atoms with Gasteiger partial charge < -0.3 is 4.98 Å². The molecule has 2 aromatic heterocycles. The van der Waals surface area contributed by atoms with Gasteiger partial charge in [0, 0.05) is 12.4 Å². The van der Waals surface area contributed by atoms with Crippen LogP contribution in [0.3, 0.4) is 0 Å². The molecular weight excluding hydrogens is 152 g/mol. The van der Waals surface area contributed by atoms with Crippen LogP contribution in [0.1, 0.15) is 0 Å². The molecule has 0 atom stereocenters. The van der Waals surface area contributed by atoms with E-state index in [0.717, 1.165) is 5.35 Å². The molecule has 0 saturated carbocycles. The monoisotopic (exact) mass is 160 g/mol. The van der Waals surface area contributed by atoms with E-state index in [4.69, 9.17) is 0 Å². The molecule has 60 valence electrons. The van der Waals surface area contributed by atoms with Crippen LogP contribution in [0.5, 0.6) is 0 Å². The van der Waals surface area contributed by atoms with Gasteiger partial charge in [-0.15, -0.1) is 0 Å². The van der Waals surface area contributed by atoms with Gasteiger partial charge in [-0.1, -0.05) is 6.58 Å². The summed E-state index contributed by atoms with van der Waals surface area (Å²) in [5.74, 6) is 0. The van der Waals surface area contributed by atoms with Gasteiger partial charge in [-0.2, -0.15) is 5.10 Å². The van der Waals surface area contributed by atoms with Crippen LogP contribution >= 0.6 is 0 Å². The number of H-pyrrole nitrogens is 1. The van der Waals surface area contributed by atoms with Crippen LogP contribution in [0.15, 0.2) is 24.7 Å². The Morgan fingerprint density at radius 2 is 2.50 bits per heavy atom. The van der Waals surface area contributed by atoms with Crippen molar-refractivity contribution in [3.05, 3.63) is 35.5 Å². The fraction of sp³-hybridized carbons (Fsp3) is 0. The summed E-state index contributed by atoms with van der Waals surface area (Å²) in [6.07, 6.45) is 7.12. The van der Waals surface area contributed by atoms with Crippen LogP contribution in [-0.2, 0) is 0 Å². The standard InChI is InChI=1S/C8H8N4/c1-7-9-5-8(11-7)6-12-4-2-3-10-12/h2-6,11H,1H2. The Morgan fingerprint density at radius 1 is 1.58 bits per heavy atom.